The summed E-state index contributed by atoms with van der Waals surface area (Å²) in [5, 5.41) is 18.9. The summed E-state index contributed by atoms with van der Waals surface area (Å²) in [5.74, 6) is -0.175. The van der Waals surface area contributed by atoms with E-state index in [9.17, 15) is 4.79 Å². The number of hydrogen-bond acceptors (Lipinski definition) is 6. The van der Waals surface area contributed by atoms with E-state index in [0.717, 1.165) is 16.6 Å². The number of carbonyl (C=O) groups is 1. The molecule has 124 valence electrons. The van der Waals surface area contributed by atoms with Gasteiger partial charge < -0.3 is 9.84 Å². The number of hydrogen-bond donors (Lipinski definition) is 1. The van der Waals surface area contributed by atoms with Crippen LogP contribution in [0.15, 0.2) is 53.3 Å². The molecule has 0 aliphatic heterocycles. The lowest BCUT2D eigenvalue weighted by molar-refractivity contribution is -0.115. The molecule has 1 amide bonds. The van der Waals surface area contributed by atoms with Crippen LogP contribution in [-0.4, -0.2) is 31.3 Å². The van der Waals surface area contributed by atoms with Gasteiger partial charge in [0.25, 0.3) is 0 Å². The number of rotatable bonds is 4. The Labute approximate surface area is 142 Å². The molecule has 1 N–H and O–H groups in total. The van der Waals surface area contributed by atoms with Crippen molar-refractivity contribution in [1.82, 2.24) is 25.4 Å². The quantitative estimate of drug-likeness (QED) is 0.615. The minimum Gasteiger partial charge on any atom is -0.356 e. The number of carbonyl (C=O) groups excluding carboxylic acids is 1. The smallest absolute Gasteiger partial charge is 0.230 e. The van der Waals surface area contributed by atoms with Gasteiger partial charge in [-0.2, -0.15) is 0 Å². The number of nitrogens with one attached hydrogen (secondary N) is 1. The second kappa shape index (κ2) is 6.16. The van der Waals surface area contributed by atoms with Gasteiger partial charge in [-0.3, -0.25) is 4.79 Å². The zero-order chi connectivity index (χ0) is 17.2. The fraction of sp³-hybridized carbons (Fsp3) is 0.118. The molecule has 4 aromatic rings. The topological polar surface area (TPSA) is 98.7 Å². The van der Waals surface area contributed by atoms with Crippen LogP contribution in [0.1, 0.15) is 11.3 Å². The van der Waals surface area contributed by atoms with Crippen molar-refractivity contribution in [1.29, 1.82) is 0 Å². The molecule has 2 aromatic heterocycles. The summed E-state index contributed by atoms with van der Waals surface area (Å²) in [5.41, 5.74) is 3.74. The lowest BCUT2D eigenvalue weighted by Gasteiger charge is -2.09. The second-order valence-electron chi connectivity index (χ2n) is 5.61. The maximum absolute atomic E-state index is 12.4. The van der Waals surface area contributed by atoms with Crippen molar-refractivity contribution >= 4 is 22.6 Å². The summed E-state index contributed by atoms with van der Waals surface area (Å²) in [6.45, 7) is 1.95. The molecule has 4 rings (SSSR count). The van der Waals surface area contributed by atoms with Crippen LogP contribution < -0.4 is 5.32 Å². The number of aromatic nitrogens is 5. The Balaban J connectivity index is 1.54. The molecular formula is C17H14N6O2. The van der Waals surface area contributed by atoms with E-state index >= 15 is 0 Å². The van der Waals surface area contributed by atoms with Crippen LogP contribution in [0.5, 0.6) is 0 Å². The molecule has 2 aromatic carbocycles. The van der Waals surface area contributed by atoms with Crippen molar-refractivity contribution < 1.29 is 9.32 Å². The minimum absolute atomic E-state index is 0.130. The summed E-state index contributed by atoms with van der Waals surface area (Å²) in [6, 6.07) is 13.0. The molecule has 0 aliphatic rings. The molecule has 0 fully saturated rings. The zero-order valence-electron chi connectivity index (χ0n) is 13.4. The van der Waals surface area contributed by atoms with Gasteiger partial charge in [0.2, 0.25) is 5.91 Å². The van der Waals surface area contributed by atoms with Gasteiger partial charge in [0, 0.05) is 11.1 Å². The normalized spacial score (nSPS) is 10.9. The van der Waals surface area contributed by atoms with Crippen LogP contribution in [-0.2, 0) is 11.2 Å². The summed E-state index contributed by atoms with van der Waals surface area (Å²) in [4.78, 5) is 12.4. The largest absolute Gasteiger partial charge is 0.356 e. The number of nitrogens with zero attached hydrogens (tertiary/aromatic N) is 5. The van der Waals surface area contributed by atoms with Gasteiger partial charge in [0.1, 0.15) is 12.0 Å². The van der Waals surface area contributed by atoms with Crippen LogP contribution in [0.3, 0.4) is 0 Å². The molecule has 0 radical (unpaired) electrons. The van der Waals surface area contributed by atoms with E-state index in [1.54, 1.807) is 4.68 Å². The zero-order valence-corrected chi connectivity index (χ0v) is 13.4. The van der Waals surface area contributed by atoms with Crippen LogP contribution in [0.4, 0.5) is 5.69 Å². The molecule has 0 unspecified atom stereocenters. The number of benzene rings is 2. The number of amides is 1. The van der Waals surface area contributed by atoms with Crippen molar-refractivity contribution in [2.24, 2.45) is 0 Å². The third-order valence-electron chi connectivity index (χ3n) is 3.87. The Bertz CT molecular complexity index is 1040. The molecule has 0 saturated carbocycles. The van der Waals surface area contributed by atoms with E-state index in [0.29, 0.717) is 17.0 Å². The lowest BCUT2D eigenvalue weighted by Crippen LogP contribution is -2.15. The van der Waals surface area contributed by atoms with Crippen molar-refractivity contribution in [3.63, 3.8) is 0 Å². The van der Waals surface area contributed by atoms with Crippen LogP contribution in [0.25, 0.3) is 16.7 Å². The van der Waals surface area contributed by atoms with Gasteiger partial charge in [-0.1, -0.05) is 23.4 Å². The first-order valence-electron chi connectivity index (χ1n) is 7.68. The highest BCUT2D eigenvalue weighted by atomic mass is 16.5. The molecule has 8 nitrogen and oxygen atoms in total. The van der Waals surface area contributed by atoms with Crippen molar-refractivity contribution in [3.05, 3.63) is 60.0 Å². The predicted molar refractivity (Wildman–Crippen MR) is 90.2 cm³/mol. The molecule has 0 atom stereocenters. The van der Waals surface area contributed by atoms with Crippen LogP contribution in [0, 0.1) is 6.92 Å². The molecule has 0 saturated heterocycles. The fourth-order valence-corrected chi connectivity index (χ4v) is 2.63. The minimum atomic E-state index is -0.175. The van der Waals surface area contributed by atoms with Gasteiger partial charge >= 0.3 is 0 Å². The van der Waals surface area contributed by atoms with Crippen molar-refractivity contribution in [3.8, 4) is 5.69 Å². The van der Waals surface area contributed by atoms with E-state index in [-0.39, 0.29) is 12.3 Å². The van der Waals surface area contributed by atoms with E-state index < -0.39 is 0 Å². The summed E-state index contributed by atoms with van der Waals surface area (Å²) in [6.07, 6.45) is 1.64. The Kier molecular flexibility index (Phi) is 3.70. The van der Waals surface area contributed by atoms with Crippen LogP contribution >= 0.6 is 0 Å². The Morgan fingerprint density at radius 1 is 1.24 bits per heavy atom. The van der Waals surface area contributed by atoms with Crippen molar-refractivity contribution in [2.45, 2.75) is 13.3 Å². The van der Waals surface area contributed by atoms with Gasteiger partial charge in [-0.05, 0) is 47.2 Å². The fourth-order valence-electron chi connectivity index (χ4n) is 2.63. The van der Waals surface area contributed by atoms with E-state index in [4.69, 9.17) is 4.52 Å². The average molecular weight is 334 g/mol. The maximum Gasteiger partial charge on any atom is 0.230 e. The maximum atomic E-state index is 12.4. The van der Waals surface area contributed by atoms with E-state index in [2.05, 4.69) is 26.0 Å². The molecule has 0 aliphatic carbocycles. The highest BCUT2D eigenvalue weighted by molar-refractivity contribution is 5.94. The summed E-state index contributed by atoms with van der Waals surface area (Å²) < 4.78 is 6.78. The highest BCUT2D eigenvalue weighted by Crippen LogP contribution is 2.20. The number of aryl methyl sites for hydroxylation is 1. The molecule has 0 spiro atoms. The van der Waals surface area contributed by atoms with Crippen LogP contribution in [0.2, 0.25) is 0 Å². The van der Waals surface area contributed by atoms with E-state index in [1.807, 2.05) is 49.4 Å². The number of anilines is 1. The second-order valence-corrected chi connectivity index (χ2v) is 5.61. The van der Waals surface area contributed by atoms with Gasteiger partial charge in [0.15, 0.2) is 5.58 Å². The monoisotopic (exact) mass is 334 g/mol. The lowest BCUT2D eigenvalue weighted by atomic mass is 10.1. The number of tetrazole rings is 1. The molecule has 8 heteroatoms. The van der Waals surface area contributed by atoms with Crippen molar-refractivity contribution in [2.75, 3.05) is 5.32 Å². The Morgan fingerprint density at radius 3 is 2.96 bits per heavy atom. The molecular weight excluding hydrogens is 320 g/mol. The molecule has 2 heterocycles. The van der Waals surface area contributed by atoms with E-state index in [1.165, 1.54) is 6.33 Å². The highest BCUT2D eigenvalue weighted by Gasteiger charge is 2.13. The first-order valence-corrected chi connectivity index (χ1v) is 7.68. The Hall–Kier alpha value is -3.55. The van der Waals surface area contributed by atoms with Gasteiger partial charge in [0.05, 0.1) is 12.1 Å². The molecule has 25 heavy (non-hydrogen) atoms. The summed E-state index contributed by atoms with van der Waals surface area (Å²) >= 11 is 0. The third kappa shape index (κ3) is 2.97. The predicted octanol–water partition coefficient (Wildman–Crippen LogP) is 2.29. The standard InChI is InChI=1S/C17H14N6O2/c1-11-6-7-12(8-15(11)23-10-18-21-22-23)19-17(24)9-14-13-4-2-3-5-16(13)25-20-14/h2-8,10H,9H2,1H3,(H,19,24). The molecule has 0 bridgehead atoms. The average Bonchev–Trinajstić information content (AvgIpc) is 3.27. The summed E-state index contributed by atoms with van der Waals surface area (Å²) in [7, 11) is 0. The third-order valence-corrected chi connectivity index (χ3v) is 3.87. The SMILES string of the molecule is Cc1ccc(NC(=O)Cc2noc3ccccc23)cc1-n1cnnn1. The Morgan fingerprint density at radius 2 is 2.12 bits per heavy atom. The number of fused-ring (bicyclic) bond motifs is 1. The first kappa shape index (κ1) is 15.0. The first-order chi connectivity index (χ1) is 12.2. The number of para-hydroxylation sites is 1. The van der Waals surface area contributed by atoms with Gasteiger partial charge in [-0.25, -0.2) is 4.68 Å². The van der Waals surface area contributed by atoms with Gasteiger partial charge in [-0.15, -0.1) is 5.10 Å².